The minimum atomic E-state index is -0.350. The van der Waals surface area contributed by atoms with E-state index < -0.39 is 0 Å². The first-order valence-corrected chi connectivity index (χ1v) is 10.1. The molecular formula is C23H25N3O3. The Hall–Kier alpha value is -2.99. The fraction of sp³-hybridized carbons (Fsp3) is 0.348. The van der Waals surface area contributed by atoms with Crippen LogP contribution in [-0.4, -0.2) is 53.7 Å². The third kappa shape index (κ3) is 4.07. The Balaban J connectivity index is 1.43. The van der Waals surface area contributed by atoms with Gasteiger partial charge in [-0.2, -0.15) is 0 Å². The zero-order valence-electron chi connectivity index (χ0n) is 16.6. The van der Waals surface area contributed by atoms with Gasteiger partial charge in [-0.3, -0.25) is 19.3 Å². The van der Waals surface area contributed by atoms with Crippen molar-refractivity contribution in [1.82, 2.24) is 15.1 Å². The Labute approximate surface area is 170 Å². The molecule has 3 amide bonds. The van der Waals surface area contributed by atoms with E-state index in [-0.39, 0.29) is 24.3 Å². The molecule has 0 radical (unpaired) electrons. The highest BCUT2D eigenvalue weighted by atomic mass is 16.2. The third-order valence-electron chi connectivity index (χ3n) is 5.61. The van der Waals surface area contributed by atoms with Crippen molar-refractivity contribution in [2.45, 2.75) is 26.3 Å². The van der Waals surface area contributed by atoms with Gasteiger partial charge in [-0.05, 0) is 56.6 Å². The summed E-state index contributed by atoms with van der Waals surface area (Å²) in [6.07, 6.45) is 2.43. The van der Waals surface area contributed by atoms with Gasteiger partial charge in [0.05, 0.1) is 17.7 Å². The van der Waals surface area contributed by atoms with Crippen LogP contribution in [0.3, 0.4) is 0 Å². The number of fused-ring (bicyclic) bond motifs is 1. The van der Waals surface area contributed by atoms with E-state index in [1.807, 2.05) is 31.2 Å². The van der Waals surface area contributed by atoms with Gasteiger partial charge in [0.25, 0.3) is 17.7 Å². The molecular weight excluding hydrogens is 366 g/mol. The van der Waals surface area contributed by atoms with Crippen molar-refractivity contribution in [3.8, 4) is 0 Å². The first kappa shape index (κ1) is 19.3. The lowest BCUT2D eigenvalue weighted by Crippen LogP contribution is -2.33. The van der Waals surface area contributed by atoms with Crippen molar-refractivity contribution < 1.29 is 14.4 Å². The molecule has 6 heteroatoms. The Morgan fingerprint density at radius 3 is 2.38 bits per heavy atom. The number of hydrogen-bond acceptors (Lipinski definition) is 4. The smallest absolute Gasteiger partial charge is 0.261 e. The lowest BCUT2D eigenvalue weighted by molar-refractivity contribution is 0.0642. The zero-order valence-corrected chi connectivity index (χ0v) is 16.6. The van der Waals surface area contributed by atoms with Crippen molar-refractivity contribution in [2.75, 3.05) is 26.2 Å². The van der Waals surface area contributed by atoms with Crippen LogP contribution in [-0.2, 0) is 6.54 Å². The number of benzene rings is 2. The quantitative estimate of drug-likeness (QED) is 0.769. The fourth-order valence-corrected chi connectivity index (χ4v) is 3.89. The normalized spacial score (nSPS) is 16.4. The summed E-state index contributed by atoms with van der Waals surface area (Å²) >= 11 is 0. The molecule has 0 aliphatic carbocycles. The van der Waals surface area contributed by atoms with E-state index in [4.69, 9.17) is 0 Å². The summed E-state index contributed by atoms with van der Waals surface area (Å²) in [5.41, 5.74) is 3.08. The third-order valence-corrected chi connectivity index (χ3v) is 5.61. The highest BCUT2D eigenvalue weighted by Crippen LogP contribution is 2.25. The summed E-state index contributed by atoms with van der Waals surface area (Å²) in [6, 6.07) is 12.5. The average molecular weight is 391 g/mol. The summed E-state index contributed by atoms with van der Waals surface area (Å²) in [4.78, 5) is 41.5. The van der Waals surface area contributed by atoms with E-state index in [9.17, 15) is 14.4 Å². The number of likely N-dealkylation sites (tertiary alicyclic amines) is 1. The van der Waals surface area contributed by atoms with E-state index in [2.05, 4.69) is 10.2 Å². The van der Waals surface area contributed by atoms with Crippen LogP contribution in [0.2, 0.25) is 0 Å². The van der Waals surface area contributed by atoms with Gasteiger partial charge in [0.2, 0.25) is 0 Å². The van der Waals surface area contributed by atoms with Crippen LogP contribution in [0, 0.1) is 6.92 Å². The van der Waals surface area contributed by atoms with E-state index in [1.54, 1.807) is 12.1 Å². The molecule has 4 rings (SSSR count). The van der Waals surface area contributed by atoms with Crippen LogP contribution < -0.4 is 5.32 Å². The molecule has 2 aliphatic heterocycles. The molecule has 29 heavy (non-hydrogen) atoms. The zero-order chi connectivity index (χ0) is 20.4. The summed E-state index contributed by atoms with van der Waals surface area (Å²) in [6.45, 7) is 5.79. The number of nitrogens with one attached hydrogen (secondary N) is 1. The molecule has 1 saturated heterocycles. The maximum Gasteiger partial charge on any atom is 0.261 e. The number of carbonyl (C=O) groups excluding carboxylic acids is 3. The number of carbonyl (C=O) groups is 3. The number of hydrogen-bond donors (Lipinski definition) is 1. The molecule has 2 aliphatic rings. The number of aryl methyl sites for hydroxylation is 1. The van der Waals surface area contributed by atoms with E-state index in [1.165, 1.54) is 23.8 Å². The monoisotopic (exact) mass is 391 g/mol. The Bertz CT molecular complexity index is 946. The molecule has 1 N–H and O–H groups in total. The van der Waals surface area contributed by atoms with E-state index in [0.29, 0.717) is 23.2 Å². The number of amides is 3. The Morgan fingerprint density at radius 1 is 0.966 bits per heavy atom. The van der Waals surface area contributed by atoms with Crippen molar-refractivity contribution in [1.29, 1.82) is 0 Å². The fourth-order valence-electron chi connectivity index (χ4n) is 3.89. The van der Waals surface area contributed by atoms with Crippen LogP contribution in [0.25, 0.3) is 0 Å². The van der Waals surface area contributed by atoms with Gasteiger partial charge in [0.15, 0.2) is 0 Å². The van der Waals surface area contributed by atoms with Crippen molar-refractivity contribution >= 4 is 17.7 Å². The van der Waals surface area contributed by atoms with Crippen LogP contribution in [0.5, 0.6) is 0 Å². The average Bonchev–Trinajstić information content (AvgIpc) is 3.32. The molecule has 2 heterocycles. The second-order valence-corrected chi connectivity index (χ2v) is 7.75. The lowest BCUT2D eigenvalue weighted by atomic mass is 10.1. The molecule has 0 bridgehead atoms. The molecule has 2 aromatic carbocycles. The minimum absolute atomic E-state index is 0.218. The predicted octanol–water partition coefficient (Wildman–Crippen LogP) is 2.62. The van der Waals surface area contributed by atoms with Crippen LogP contribution in [0.1, 0.15) is 55.0 Å². The van der Waals surface area contributed by atoms with Crippen LogP contribution >= 0.6 is 0 Å². The maximum atomic E-state index is 12.8. The molecule has 2 aromatic rings. The summed E-state index contributed by atoms with van der Waals surface area (Å²) < 4.78 is 0. The predicted molar refractivity (Wildman–Crippen MR) is 110 cm³/mol. The maximum absolute atomic E-state index is 12.8. The standard InChI is InChI=1S/C23H25N3O3/c1-16-4-6-17(7-5-16)15-26-22(28)19-9-8-18(14-20(19)23(26)29)21(27)24-10-13-25-11-2-3-12-25/h4-9,14H,2-3,10-13,15H2,1H3,(H,24,27). The largest absolute Gasteiger partial charge is 0.351 e. The van der Waals surface area contributed by atoms with Gasteiger partial charge in [0.1, 0.15) is 0 Å². The second kappa shape index (κ2) is 8.17. The first-order valence-electron chi connectivity index (χ1n) is 10.1. The molecule has 0 aromatic heterocycles. The molecule has 0 unspecified atom stereocenters. The topological polar surface area (TPSA) is 69.7 Å². The lowest BCUT2D eigenvalue weighted by Gasteiger charge is -2.14. The number of imide groups is 1. The highest BCUT2D eigenvalue weighted by molar-refractivity contribution is 6.22. The van der Waals surface area contributed by atoms with E-state index >= 15 is 0 Å². The van der Waals surface area contributed by atoms with Gasteiger partial charge < -0.3 is 10.2 Å². The van der Waals surface area contributed by atoms with Gasteiger partial charge in [0, 0.05) is 18.7 Å². The molecule has 6 nitrogen and oxygen atoms in total. The minimum Gasteiger partial charge on any atom is -0.351 e. The van der Waals surface area contributed by atoms with Crippen molar-refractivity contribution in [2.24, 2.45) is 0 Å². The summed E-state index contributed by atoms with van der Waals surface area (Å²) in [5, 5.41) is 2.91. The van der Waals surface area contributed by atoms with Crippen LogP contribution in [0.4, 0.5) is 0 Å². The van der Waals surface area contributed by atoms with Crippen molar-refractivity contribution in [3.05, 3.63) is 70.3 Å². The molecule has 0 spiro atoms. The highest BCUT2D eigenvalue weighted by Gasteiger charge is 2.36. The van der Waals surface area contributed by atoms with Gasteiger partial charge in [-0.15, -0.1) is 0 Å². The second-order valence-electron chi connectivity index (χ2n) is 7.75. The number of nitrogens with zero attached hydrogens (tertiary/aromatic N) is 2. The number of rotatable bonds is 6. The molecule has 0 atom stereocenters. The van der Waals surface area contributed by atoms with Crippen LogP contribution in [0.15, 0.2) is 42.5 Å². The van der Waals surface area contributed by atoms with Crippen molar-refractivity contribution in [3.63, 3.8) is 0 Å². The van der Waals surface area contributed by atoms with E-state index in [0.717, 1.165) is 30.8 Å². The Kier molecular flexibility index (Phi) is 5.45. The summed E-state index contributed by atoms with van der Waals surface area (Å²) in [7, 11) is 0. The molecule has 150 valence electrons. The van der Waals surface area contributed by atoms with Gasteiger partial charge in [-0.1, -0.05) is 29.8 Å². The molecule has 1 fully saturated rings. The summed E-state index contributed by atoms with van der Waals surface area (Å²) in [5.74, 6) is -0.881. The molecule has 0 saturated carbocycles. The first-order chi connectivity index (χ1) is 14.0. The SMILES string of the molecule is Cc1ccc(CN2C(=O)c3ccc(C(=O)NCCN4CCCC4)cc3C2=O)cc1. The van der Waals surface area contributed by atoms with Gasteiger partial charge in [-0.25, -0.2) is 0 Å². The van der Waals surface area contributed by atoms with Gasteiger partial charge >= 0.3 is 0 Å². The Morgan fingerprint density at radius 2 is 1.66 bits per heavy atom.